The van der Waals surface area contributed by atoms with Gasteiger partial charge in [-0.25, -0.2) is 12.8 Å². The van der Waals surface area contributed by atoms with Gasteiger partial charge in [0.25, 0.3) is 10.0 Å². The van der Waals surface area contributed by atoms with Crippen molar-refractivity contribution in [3.05, 3.63) is 51.8 Å². The molecule has 0 atom stereocenters. The van der Waals surface area contributed by atoms with Gasteiger partial charge < -0.3 is 5.73 Å². The van der Waals surface area contributed by atoms with Gasteiger partial charge in [0.15, 0.2) is 0 Å². The van der Waals surface area contributed by atoms with Crippen LogP contribution < -0.4 is 10.5 Å². The van der Waals surface area contributed by atoms with Crippen molar-refractivity contribution in [1.29, 1.82) is 0 Å². The predicted octanol–water partition coefficient (Wildman–Crippen LogP) is 3.82. The van der Waals surface area contributed by atoms with Crippen LogP contribution in [-0.2, 0) is 10.0 Å². The molecule has 0 spiro atoms. The van der Waals surface area contributed by atoms with Crippen molar-refractivity contribution in [1.82, 2.24) is 0 Å². The van der Waals surface area contributed by atoms with Crippen LogP contribution in [0.3, 0.4) is 0 Å². The molecule has 0 aromatic heterocycles. The highest BCUT2D eigenvalue weighted by Crippen LogP contribution is 2.33. The first-order valence-electron chi connectivity index (χ1n) is 5.74. The Morgan fingerprint density at radius 1 is 1.14 bits per heavy atom. The van der Waals surface area contributed by atoms with Gasteiger partial charge in [-0.3, -0.25) is 4.72 Å². The van der Waals surface area contributed by atoms with Gasteiger partial charge in [0.1, 0.15) is 10.7 Å². The van der Waals surface area contributed by atoms with E-state index in [1.165, 1.54) is 12.1 Å². The number of anilines is 2. The molecule has 21 heavy (non-hydrogen) atoms. The van der Waals surface area contributed by atoms with E-state index in [-0.39, 0.29) is 26.3 Å². The number of halogens is 3. The number of hydrogen-bond acceptors (Lipinski definition) is 3. The summed E-state index contributed by atoms with van der Waals surface area (Å²) < 4.78 is 40.0. The van der Waals surface area contributed by atoms with E-state index in [2.05, 4.69) is 4.72 Å². The summed E-state index contributed by atoms with van der Waals surface area (Å²) >= 11 is 11.6. The molecule has 0 unspecified atom stereocenters. The maximum absolute atomic E-state index is 13.1. The average Bonchev–Trinajstić information content (AvgIpc) is 2.33. The summed E-state index contributed by atoms with van der Waals surface area (Å²) in [5.74, 6) is -0.664. The van der Waals surface area contributed by atoms with Crippen molar-refractivity contribution in [2.45, 2.75) is 11.8 Å². The van der Waals surface area contributed by atoms with E-state index in [1.807, 2.05) is 0 Å². The van der Waals surface area contributed by atoms with Gasteiger partial charge in [-0.2, -0.15) is 0 Å². The van der Waals surface area contributed by atoms with E-state index < -0.39 is 15.8 Å². The smallest absolute Gasteiger partial charge is 0.264 e. The van der Waals surface area contributed by atoms with E-state index in [1.54, 1.807) is 13.0 Å². The molecule has 0 aliphatic rings. The Morgan fingerprint density at radius 3 is 2.24 bits per heavy atom. The molecule has 3 N–H and O–H groups in total. The maximum atomic E-state index is 13.1. The molecule has 0 saturated heterocycles. The Hall–Kier alpha value is -1.50. The van der Waals surface area contributed by atoms with Crippen LogP contribution in [0.2, 0.25) is 10.0 Å². The van der Waals surface area contributed by atoms with E-state index in [0.29, 0.717) is 0 Å². The molecule has 0 heterocycles. The number of sulfonamides is 1. The quantitative estimate of drug-likeness (QED) is 0.828. The Kier molecular flexibility index (Phi) is 4.32. The molecule has 0 radical (unpaired) electrons. The molecule has 0 fully saturated rings. The minimum Gasteiger partial charge on any atom is -0.398 e. The second kappa shape index (κ2) is 5.71. The highest BCUT2D eigenvalue weighted by molar-refractivity contribution is 7.93. The van der Waals surface area contributed by atoms with Crippen molar-refractivity contribution >= 4 is 44.6 Å². The second-order valence-corrected chi connectivity index (χ2v) is 6.86. The molecule has 2 rings (SSSR count). The zero-order chi connectivity index (χ0) is 15.8. The number of nitrogens with two attached hydrogens (primary N) is 1. The number of benzene rings is 2. The largest absolute Gasteiger partial charge is 0.398 e. The standard InChI is InChI=1S/C13H11Cl2FN2O2S/c1-7-2-3-12(11(17)4-7)21(19,20)18-13-9(14)5-8(16)6-10(13)15/h2-6,18H,17H2,1H3. The predicted molar refractivity (Wildman–Crippen MR) is 82.8 cm³/mol. The monoisotopic (exact) mass is 348 g/mol. The van der Waals surface area contributed by atoms with Crippen LogP contribution in [0.4, 0.5) is 15.8 Å². The van der Waals surface area contributed by atoms with Crippen LogP contribution >= 0.6 is 23.2 Å². The van der Waals surface area contributed by atoms with Crippen LogP contribution in [0.5, 0.6) is 0 Å². The number of aryl methyl sites for hydroxylation is 1. The fourth-order valence-corrected chi connectivity index (χ4v) is 3.62. The molecular formula is C13H11Cl2FN2O2S. The average molecular weight is 349 g/mol. The lowest BCUT2D eigenvalue weighted by Crippen LogP contribution is -2.15. The Labute approximate surface area is 131 Å². The Bertz CT molecular complexity index is 787. The molecule has 112 valence electrons. The lowest BCUT2D eigenvalue weighted by Gasteiger charge is -2.13. The third-order valence-electron chi connectivity index (χ3n) is 2.70. The first-order chi connectivity index (χ1) is 9.70. The summed E-state index contributed by atoms with van der Waals surface area (Å²) in [6, 6.07) is 6.44. The van der Waals surface area contributed by atoms with E-state index in [4.69, 9.17) is 28.9 Å². The Morgan fingerprint density at radius 2 is 1.71 bits per heavy atom. The van der Waals surface area contributed by atoms with Gasteiger partial charge in [-0.1, -0.05) is 29.3 Å². The molecule has 2 aromatic carbocycles. The first kappa shape index (κ1) is 15.9. The molecule has 0 amide bonds. The van der Waals surface area contributed by atoms with E-state index in [9.17, 15) is 12.8 Å². The van der Waals surface area contributed by atoms with Crippen LogP contribution in [0, 0.1) is 12.7 Å². The molecule has 0 saturated carbocycles. The van der Waals surface area contributed by atoms with Gasteiger partial charge in [0.2, 0.25) is 0 Å². The zero-order valence-corrected chi connectivity index (χ0v) is 13.2. The summed E-state index contributed by atoms with van der Waals surface area (Å²) in [7, 11) is -3.98. The van der Waals surface area contributed by atoms with Crippen LogP contribution in [0.25, 0.3) is 0 Å². The zero-order valence-electron chi connectivity index (χ0n) is 10.8. The van der Waals surface area contributed by atoms with Gasteiger partial charge in [0, 0.05) is 0 Å². The topological polar surface area (TPSA) is 72.2 Å². The molecule has 0 bridgehead atoms. The van der Waals surface area contributed by atoms with E-state index >= 15 is 0 Å². The SMILES string of the molecule is Cc1ccc(S(=O)(=O)Nc2c(Cl)cc(F)cc2Cl)c(N)c1. The van der Waals surface area contributed by atoms with Gasteiger partial charge >= 0.3 is 0 Å². The maximum Gasteiger partial charge on any atom is 0.264 e. The van der Waals surface area contributed by atoms with Crippen LogP contribution in [0.1, 0.15) is 5.56 Å². The highest BCUT2D eigenvalue weighted by Gasteiger charge is 2.21. The number of rotatable bonds is 3. The summed E-state index contributed by atoms with van der Waals surface area (Å²) in [4.78, 5) is -0.107. The second-order valence-electron chi connectivity index (χ2n) is 4.39. The third kappa shape index (κ3) is 3.40. The molecule has 2 aromatic rings. The molecule has 0 aliphatic heterocycles. The summed E-state index contributed by atoms with van der Waals surface area (Å²) in [6.45, 7) is 1.79. The number of nitrogens with one attached hydrogen (secondary N) is 1. The number of nitrogen functional groups attached to an aromatic ring is 1. The lowest BCUT2D eigenvalue weighted by molar-refractivity contribution is 0.601. The molecule has 0 aliphatic carbocycles. The molecule has 4 nitrogen and oxygen atoms in total. The first-order valence-corrected chi connectivity index (χ1v) is 7.98. The normalized spacial score (nSPS) is 11.4. The third-order valence-corrected chi connectivity index (χ3v) is 4.72. The van der Waals surface area contributed by atoms with Crippen molar-refractivity contribution in [3.8, 4) is 0 Å². The van der Waals surface area contributed by atoms with Crippen molar-refractivity contribution in [3.63, 3.8) is 0 Å². The minimum absolute atomic E-state index is 0.0943. The lowest BCUT2D eigenvalue weighted by atomic mass is 10.2. The van der Waals surface area contributed by atoms with Gasteiger partial charge in [0.05, 0.1) is 21.4 Å². The van der Waals surface area contributed by atoms with Crippen LogP contribution in [-0.4, -0.2) is 8.42 Å². The van der Waals surface area contributed by atoms with Crippen LogP contribution in [0.15, 0.2) is 35.2 Å². The minimum atomic E-state index is -3.98. The van der Waals surface area contributed by atoms with Gasteiger partial charge in [-0.15, -0.1) is 0 Å². The van der Waals surface area contributed by atoms with Crippen molar-refractivity contribution < 1.29 is 12.8 Å². The Balaban J connectivity index is 2.47. The summed E-state index contributed by atoms with van der Waals surface area (Å²) in [5.41, 5.74) is 6.54. The van der Waals surface area contributed by atoms with Crippen molar-refractivity contribution in [2.75, 3.05) is 10.5 Å². The van der Waals surface area contributed by atoms with Crippen molar-refractivity contribution in [2.24, 2.45) is 0 Å². The summed E-state index contributed by atoms with van der Waals surface area (Å²) in [5, 5.41) is -0.288. The molecular weight excluding hydrogens is 338 g/mol. The fraction of sp³-hybridized carbons (Fsp3) is 0.0769. The highest BCUT2D eigenvalue weighted by atomic mass is 35.5. The van der Waals surface area contributed by atoms with E-state index in [0.717, 1.165) is 17.7 Å². The molecule has 8 heteroatoms. The van der Waals surface area contributed by atoms with Gasteiger partial charge in [-0.05, 0) is 36.8 Å². The summed E-state index contributed by atoms with van der Waals surface area (Å²) in [6.07, 6.45) is 0. The fourth-order valence-electron chi connectivity index (χ4n) is 1.74. The number of hydrogen-bond donors (Lipinski definition) is 2.